The molecular weight excluding hydrogens is 305 g/mol. The zero-order valence-electron chi connectivity index (χ0n) is 12.4. The van der Waals surface area contributed by atoms with Crippen molar-refractivity contribution in [3.63, 3.8) is 0 Å². The summed E-state index contributed by atoms with van der Waals surface area (Å²) in [5.74, 6) is 0. The van der Waals surface area contributed by atoms with Crippen molar-refractivity contribution in [2.75, 3.05) is 0 Å². The fourth-order valence-electron chi connectivity index (χ4n) is 2.65. The minimum atomic E-state index is -3.05. The molecular formula is C19H16NO2P. The summed E-state index contributed by atoms with van der Waals surface area (Å²) in [4.78, 5) is 0. The monoisotopic (exact) mass is 321 g/mol. The molecule has 0 radical (unpaired) electrons. The van der Waals surface area contributed by atoms with Gasteiger partial charge in [0.05, 0.1) is 6.21 Å². The molecule has 23 heavy (non-hydrogen) atoms. The van der Waals surface area contributed by atoms with E-state index in [1.165, 1.54) is 6.21 Å². The lowest BCUT2D eigenvalue weighted by Crippen LogP contribution is -2.27. The summed E-state index contributed by atoms with van der Waals surface area (Å²) in [6.07, 6.45) is 1.33. The number of oxime groups is 1. The van der Waals surface area contributed by atoms with Crippen LogP contribution in [0.3, 0.4) is 0 Å². The van der Waals surface area contributed by atoms with Gasteiger partial charge in [-0.15, -0.1) is 0 Å². The molecule has 0 aliphatic rings. The van der Waals surface area contributed by atoms with Crippen LogP contribution >= 0.6 is 7.14 Å². The van der Waals surface area contributed by atoms with Crippen molar-refractivity contribution < 1.29 is 9.77 Å². The summed E-state index contributed by atoms with van der Waals surface area (Å²) in [5.41, 5.74) is 0.644. The van der Waals surface area contributed by atoms with E-state index < -0.39 is 7.14 Å². The van der Waals surface area contributed by atoms with Crippen LogP contribution in [0.1, 0.15) is 5.56 Å². The average molecular weight is 321 g/mol. The maximum absolute atomic E-state index is 14.2. The Hall–Kier alpha value is -2.64. The molecule has 4 heteroatoms. The van der Waals surface area contributed by atoms with Crippen LogP contribution in [0.4, 0.5) is 0 Å². The second-order valence-electron chi connectivity index (χ2n) is 5.08. The molecule has 0 fully saturated rings. The first kappa shape index (κ1) is 15.3. The molecule has 0 unspecified atom stereocenters. The minimum absolute atomic E-state index is 0.644. The number of hydrogen-bond donors (Lipinski definition) is 1. The predicted octanol–water partition coefficient (Wildman–Crippen LogP) is 3.13. The molecule has 0 heterocycles. The fraction of sp³-hybridized carbons (Fsp3) is 0. The minimum Gasteiger partial charge on any atom is -0.411 e. The van der Waals surface area contributed by atoms with Gasteiger partial charge in [0.15, 0.2) is 7.14 Å². The topological polar surface area (TPSA) is 49.7 Å². The third-order valence-corrected chi connectivity index (χ3v) is 6.85. The van der Waals surface area contributed by atoms with Gasteiger partial charge in [0.25, 0.3) is 0 Å². The highest BCUT2D eigenvalue weighted by Gasteiger charge is 2.31. The highest BCUT2D eigenvalue weighted by atomic mass is 31.2. The molecule has 0 saturated heterocycles. The average Bonchev–Trinajstić information content (AvgIpc) is 2.63. The molecule has 0 aromatic heterocycles. The van der Waals surface area contributed by atoms with E-state index in [-0.39, 0.29) is 0 Å². The molecule has 0 bridgehead atoms. The summed E-state index contributed by atoms with van der Waals surface area (Å²) in [5, 5.41) is 14.2. The largest absolute Gasteiger partial charge is 0.411 e. The van der Waals surface area contributed by atoms with Crippen LogP contribution in [0.5, 0.6) is 0 Å². The van der Waals surface area contributed by atoms with Crippen LogP contribution in [-0.4, -0.2) is 11.4 Å². The first-order chi connectivity index (χ1) is 11.3. The molecule has 0 saturated carbocycles. The Kier molecular flexibility index (Phi) is 4.40. The second kappa shape index (κ2) is 6.64. The van der Waals surface area contributed by atoms with E-state index >= 15 is 0 Å². The van der Waals surface area contributed by atoms with Crippen molar-refractivity contribution in [3.8, 4) is 0 Å². The molecule has 0 aliphatic carbocycles. The maximum Gasteiger partial charge on any atom is 0.171 e. The Morgan fingerprint density at radius 2 is 1.22 bits per heavy atom. The standard InChI is InChI=1S/C19H16NO2P/c21-20-15-16-9-7-8-14-19(16)23(22,17-10-3-1-4-11-17)18-12-5-2-6-13-18/h1-15,21H. The number of rotatable bonds is 4. The van der Waals surface area contributed by atoms with E-state index in [1.54, 1.807) is 6.07 Å². The second-order valence-corrected chi connectivity index (χ2v) is 7.82. The Bertz CT molecular complexity index is 817. The van der Waals surface area contributed by atoms with Crippen LogP contribution in [0, 0.1) is 0 Å². The van der Waals surface area contributed by atoms with Crippen molar-refractivity contribution in [2.45, 2.75) is 0 Å². The zero-order chi connectivity index (χ0) is 16.1. The fourth-order valence-corrected chi connectivity index (χ4v) is 5.48. The molecule has 114 valence electrons. The molecule has 3 aromatic rings. The Balaban J connectivity index is 2.33. The van der Waals surface area contributed by atoms with Crippen LogP contribution in [-0.2, 0) is 4.57 Å². The molecule has 3 rings (SSSR count). The van der Waals surface area contributed by atoms with Gasteiger partial charge in [-0.05, 0) is 0 Å². The van der Waals surface area contributed by atoms with Crippen molar-refractivity contribution >= 4 is 29.3 Å². The lowest BCUT2D eigenvalue weighted by Gasteiger charge is -2.21. The van der Waals surface area contributed by atoms with Gasteiger partial charge >= 0.3 is 0 Å². The first-order valence-electron chi connectivity index (χ1n) is 7.25. The van der Waals surface area contributed by atoms with E-state index in [0.717, 1.165) is 10.6 Å². The van der Waals surface area contributed by atoms with E-state index in [4.69, 9.17) is 5.21 Å². The van der Waals surface area contributed by atoms with Gasteiger partial charge in [0, 0.05) is 21.5 Å². The number of hydrogen-bond acceptors (Lipinski definition) is 3. The molecule has 3 aromatic carbocycles. The van der Waals surface area contributed by atoms with Crippen molar-refractivity contribution in [1.82, 2.24) is 0 Å². The molecule has 0 atom stereocenters. The van der Waals surface area contributed by atoms with Crippen LogP contribution in [0.25, 0.3) is 0 Å². The van der Waals surface area contributed by atoms with E-state index in [0.29, 0.717) is 10.9 Å². The van der Waals surface area contributed by atoms with Gasteiger partial charge in [0.2, 0.25) is 0 Å². The quantitative estimate of drug-likeness (QED) is 0.347. The molecule has 1 N–H and O–H groups in total. The van der Waals surface area contributed by atoms with Crippen LogP contribution in [0.2, 0.25) is 0 Å². The van der Waals surface area contributed by atoms with E-state index in [2.05, 4.69) is 5.16 Å². The number of benzene rings is 3. The van der Waals surface area contributed by atoms with Crippen LogP contribution in [0.15, 0.2) is 90.1 Å². The highest BCUT2D eigenvalue weighted by Crippen LogP contribution is 2.42. The number of nitrogens with zero attached hydrogens (tertiary/aromatic N) is 1. The molecule has 3 nitrogen and oxygen atoms in total. The summed E-state index contributed by atoms with van der Waals surface area (Å²) in [6.45, 7) is 0. The Morgan fingerprint density at radius 1 is 0.739 bits per heavy atom. The van der Waals surface area contributed by atoms with Gasteiger partial charge in [-0.2, -0.15) is 0 Å². The van der Waals surface area contributed by atoms with Crippen molar-refractivity contribution in [3.05, 3.63) is 90.5 Å². The van der Waals surface area contributed by atoms with E-state index in [1.807, 2.05) is 78.9 Å². The summed E-state index contributed by atoms with van der Waals surface area (Å²) >= 11 is 0. The van der Waals surface area contributed by atoms with Gasteiger partial charge < -0.3 is 9.77 Å². The zero-order valence-corrected chi connectivity index (χ0v) is 13.3. The van der Waals surface area contributed by atoms with Gasteiger partial charge in [-0.3, -0.25) is 0 Å². The molecule has 0 aliphatic heterocycles. The molecule has 0 spiro atoms. The van der Waals surface area contributed by atoms with Crippen molar-refractivity contribution in [1.29, 1.82) is 0 Å². The third kappa shape index (κ3) is 2.84. The SMILES string of the molecule is O=P(c1ccccc1)(c1ccccc1)c1ccccc1C=NO. The van der Waals surface area contributed by atoms with E-state index in [9.17, 15) is 4.57 Å². The Morgan fingerprint density at radius 3 is 1.74 bits per heavy atom. The maximum atomic E-state index is 14.2. The van der Waals surface area contributed by atoms with Gasteiger partial charge in [0.1, 0.15) is 0 Å². The predicted molar refractivity (Wildman–Crippen MR) is 95.2 cm³/mol. The lowest BCUT2D eigenvalue weighted by molar-refractivity contribution is 0.322. The summed E-state index contributed by atoms with van der Waals surface area (Å²) in [6, 6.07) is 26.2. The Labute approximate surface area is 135 Å². The lowest BCUT2D eigenvalue weighted by atomic mass is 10.2. The third-order valence-electron chi connectivity index (χ3n) is 3.71. The summed E-state index contributed by atoms with van der Waals surface area (Å²) < 4.78 is 14.2. The molecule has 0 amide bonds. The normalized spacial score (nSPS) is 11.7. The smallest absolute Gasteiger partial charge is 0.171 e. The summed E-state index contributed by atoms with van der Waals surface area (Å²) in [7, 11) is -3.05. The van der Waals surface area contributed by atoms with Gasteiger partial charge in [-0.25, -0.2) is 0 Å². The first-order valence-corrected chi connectivity index (χ1v) is 8.96. The van der Waals surface area contributed by atoms with Gasteiger partial charge in [-0.1, -0.05) is 90.1 Å². The van der Waals surface area contributed by atoms with Crippen molar-refractivity contribution in [2.24, 2.45) is 5.16 Å². The van der Waals surface area contributed by atoms with Crippen LogP contribution < -0.4 is 15.9 Å². The highest BCUT2D eigenvalue weighted by molar-refractivity contribution is 7.85.